The van der Waals surface area contributed by atoms with Gasteiger partial charge >= 0.3 is 0 Å². The van der Waals surface area contributed by atoms with E-state index < -0.39 is 0 Å². The summed E-state index contributed by atoms with van der Waals surface area (Å²) in [5, 5.41) is 3.73. The lowest BCUT2D eigenvalue weighted by Gasteiger charge is -2.36. The lowest BCUT2D eigenvalue weighted by atomic mass is 10.00. The van der Waals surface area contributed by atoms with Gasteiger partial charge < -0.3 is 10.2 Å². The Morgan fingerprint density at radius 3 is 2.53 bits per heavy atom. The van der Waals surface area contributed by atoms with Crippen molar-refractivity contribution >= 4 is 11.8 Å². The van der Waals surface area contributed by atoms with Crippen LogP contribution in [0.4, 0.5) is 0 Å². The van der Waals surface area contributed by atoms with E-state index in [1.54, 1.807) is 0 Å². The first kappa shape index (κ1) is 17.3. The molecule has 1 aliphatic rings. The molecule has 0 amide bonds. The van der Waals surface area contributed by atoms with Gasteiger partial charge in [0.15, 0.2) is 0 Å². The van der Waals surface area contributed by atoms with Gasteiger partial charge in [-0.15, -0.1) is 0 Å². The van der Waals surface area contributed by atoms with Gasteiger partial charge in [0.2, 0.25) is 0 Å². The van der Waals surface area contributed by atoms with E-state index in [0.29, 0.717) is 10.8 Å². The highest BCUT2D eigenvalue weighted by Crippen LogP contribution is 2.31. The third-order valence-corrected chi connectivity index (χ3v) is 6.12. The molecule has 0 bridgehead atoms. The van der Waals surface area contributed by atoms with E-state index in [4.69, 9.17) is 0 Å². The zero-order chi connectivity index (χ0) is 14.3. The van der Waals surface area contributed by atoms with Crippen LogP contribution in [0.15, 0.2) is 0 Å². The van der Waals surface area contributed by atoms with E-state index in [-0.39, 0.29) is 0 Å². The van der Waals surface area contributed by atoms with Gasteiger partial charge in [0.1, 0.15) is 0 Å². The van der Waals surface area contributed by atoms with Crippen LogP contribution >= 0.6 is 11.8 Å². The van der Waals surface area contributed by atoms with Crippen LogP contribution in [0.1, 0.15) is 53.4 Å². The topological polar surface area (TPSA) is 15.3 Å². The predicted molar refractivity (Wildman–Crippen MR) is 89.1 cm³/mol. The highest BCUT2D eigenvalue weighted by molar-refractivity contribution is 8.00. The summed E-state index contributed by atoms with van der Waals surface area (Å²) in [6, 6.07) is 0.691. The average Bonchev–Trinajstić information content (AvgIpc) is 2.60. The summed E-state index contributed by atoms with van der Waals surface area (Å²) < 4.78 is 0.465. The summed E-state index contributed by atoms with van der Waals surface area (Å²) in [6.45, 7) is 14.3. The Kier molecular flexibility index (Phi) is 7.78. The summed E-state index contributed by atoms with van der Waals surface area (Å²) in [4.78, 5) is 2.72. The zero-order valence-electron chi connectivity index (χ0n) is 13.7. The molecule has 1 unspecified atom stereocenters. The Hall–Kier alpha value is 0.270. The zero-order valence-corrected chi connectivity index (χ0v) is 14.5. The van der Waals surface area contributed by atoms with Gasteiger partial charge in [0.05, 0.1) is 0 Å². The minimum Gasteiger partial charge on any atom is -0.313 e. The van der Waals surface area contributed by atoms with Gasteiger partial charge in [-0.2, -0.15) is 11.8 Å². The predicted octanol–water partition coefficient (Wildman–Crippen LogP) is 3.62. The SMILES string of the molecule is CCC(CC)(CN1CCCNC(CC(C)C)C1)SC. The lowest BCUT2D eigenvalue weighted by molar-refractivity contribution is 0.226. The van der Waals surface area contributed by atoms with Gasteiger partial charge in [-0.1, -0.05) is 27.7 Å². The summed E-state index contributed by atoms with van der Waals surface area (Å²) in [5.74, 6) is 0.792. The molecule has 0 spiro atoms. The van der Waals surface area contributed by atoms with Crippen LogP contribution in [0.5, 0.6) is 0 Å². The van der Waals surface area contributed by atoms with E-state index >= 15 is 0 Å². The number of thioether (sulfide) groups is 1. The fraction of sp³-hybridized carbons (Fsp3) is 1.00. The maximum Gasteiger partial charge on any atom is 0.0279 e. The second kappa shape index (κ2) is 8.53. The normalized spacial score (nSPS) is 22.7. The highest BCUT2D eigenvalue weighted by Gasteiger charge is 2.29. The van der Waals surface area contributed by atoms with Crippen LogP contribution in [0, 0.1) is 5.92 Å². The summed E-state index contributed by atoms with van der Waals surface area (Å²) in [6.07, 6.45) is 7.45. The molecular weight excluding hydrogens is 252 g/mol. The van der Waals surface area contributed by atoms with E-state index in [9.17, 15) is 0 Å². The second-order valence-corrected chi connectivity index (χ2v) is 7.74. The summed E-state index contributed by atoms with van der Waals surface area (Å²) in [7, 11) is 0. The van der Waals surface area contributed by atoms with Crippen LogP contribution in [0.25, 0.3) is 0 Å². The molecule has 3 heteroatoms. The molecule has 1 aliphatic heterocycles. The number of hydrogen-bond donors (Lipinski definition) is 1. The van der Waals surface area contributed by atoms with Crippen molar-refractivity contribution in [2.24, 2.45) is 5.92 Å². The van der Waals surface area contributed by atoms with Crippen LogP contribution in [-0.4, -0.2) is 48.1 Å². The van der Waals surface area contributed by atoms with Crippen molar-refractivity contribution < 1.29 is 0 Å². The van der Waals surface area contributed by atoms with Gasteiger partial charge in [-0.25, -0.2) is 0 Å². The molecule has 1 rings (SSSR count). The first-order valence-electron chi connectivity index (χ1n) is 8.06. The fourth-order valence-electron chi connectivity index (χ4n) is 3.18. The second-order valence-electron chi connectivity index (χ2n) is 6.46. The maximum absolute atomic E-state index is 3.73. The minimum absolute atomic E-state index is 0.465. The van der Waals surface area contributed by atoms with E-state index in [1.165, 1.54) is 51.9 Å². The summed E-state index contributed by atoms with van der Waals surface area (Å²) in [5.41, 5.74) is 0. The molecule has 0 saturated carbocycles. The molecule has 0 aliphatic carbocycles. The number of rotatable bonds is 7. The molecule has 1 saturated heterocycles. The molecule has 1 heterocycles. The quantitative estimate of drug-likeness (QED) is 0.769. The molecule has 1 atom stereocenters. The fourth-order valence-corrected chi connectivity index (χ4v) is 4.07. The minimum atomic E-state index is 0.465. The van der Waals surface area contributed by atoms with Crippen molar-refractivity contribution in [3.63, 3.8) is 0 Å². The Balaban J connectivity index is 2.59. The first-order chi connectivity index (χ1) is 9.05. The molecule has 1 N–H and O–H groups in total. The van der Waals surface area contributed by atoms with Crippen molar-refractivity contribution in [3.05, 3.63) is 0 Å². The molecule has 0 aromatic heterocycles. The van der Waals surface area contributed by atoms with Crippen LogP contribution in [0.2, 0.25) is 0 Å². The molecule has 1 fully saturated rings. The van der Waals surface area contributed by atoms with E-state index in [2.05, 4.69) is 55.9 Å². The van der Waals surface area contributed by atoms with Crippen LogP contribution in [0.3, 0.4) is 0 Å². The van der Waals surface area contributed by atoms with Crippen LogP contribution in [-0.2, 0) is 0 Å². The van der Waals surface area contributed by atoms with Gasteiger partial charge in [0, 0.05) is 23.9 Å². The van der Waals surface area contributed by atoms with Crippen LogP contribution < -0.4 is 5.32 Å². The van der Waals surface area contributed by atoms with Crippen molar-refractivity contribution in [2.75, 3.05) is 32.4 Å². The van der Waals surface area contributed by atoms with Gasteiger partial charge in [0.25, 0.3) is 0 Å². The van der Waals surface area contributed by atoms with E-state index in [0.717, 1.165) is 5.92 Å². The highest BCUT2D eigenvalue weighted by atomic mass is 32.2. The smallest absolute Gasteiger partial charge is 0.0279 e. The van der Waals surface area contributed by atoms with Gasteiger partial charge in [-0.05, 0) is 50.9 Å². The number of hydrogen-bond acceptors (Lipinski definition) is 3. The molecule has 114 valence electrons. The van der Waals surface area contributed by atoms with Crippen molar-refractivity contribution in [1.29, 1.82) is 0 Å². The lowest BCUT2D eigenvalue weighted by Crippen LogP contribution is -2.44. The van der Waals surface area contributed by atoms with Crippen molar-refractivity contribution in [3.8, 4) is 0 Å². The molecule has 0 aromatic carbocycles. The molecule has 0 aromatic rings. The Labute approximate surface area is 125 Å². The standard InChI is InChI=1S/C16H34N2S/c1-6-16(7-2,19-5)13-18-10-8-9-17-15(12-18)11-14(3)4/h14-15,17H,6-13H2,1-5H3. The number of nitrogens with zero attached hydrogens (tertiary/aromatic N) is 1. The van der Waals surface area contributed by atoms with Crippen molar-refractivity contribution in [1.82, 2.24) is 10.2 Å². The Morgan fingerprint density at radius 1 is 1.32 bits per heavy atom. The molecule has 19 heavy (non-hydrogen) atoms. The number of nitrogens with one attached hydrogen (secondary N) is 1. The third-order valence-electron chi connectivity index (χ3n) is 4.55. The molecular formula is C16H34N2S. The Morgan fingerprint density at radius 2 is 2.00 bits per heavy atom. The Bertz CT molecular complexity index is 231. The first-order valence-corrected chi connectivity index (χ1v) is 9.28. The third kappa shape index (κ3) is 5.65. The monoisotopic (exact) mass is 286 g/mol. The molecule has 2 nitrogen and oxygen atoms in total. The van der Waals surface area contributed by atoms with E-state index in [1.807, 2.05) is 0 Å². The van der Waals surface area contributed by atoms with Gasteiger partial charge in [-0.3, -0.25) is 0 Å². The van der Waals surface area contributed by atoms with Crippen molar-refractivity contribution in [2.45, 2.75) is 64.2 Å². The largest absolute Gasteiger partial charge is 0.313 e. The average molecular weight is 287 g/mol. The maximum atomic E-state index is 3.73. The summed E-state index contributed by atoms with van der Waals surface area (Å²) >= 11 is 2.07. The molecule has 0 radical (unpaired) electrons.